The third kappa shape index (κ3) is 3.45. The van der Waals surface area contributed by atoms with Crippen LogP contribution >= 0.6 is 27.3 Å². The highest BCUT2D eigenvalue weighted by Gasteiger charge is 2.08. The minimum atomic E-state index is -0.0376. The Hall–Kier alpha value is -1.13. The Kier molecular flexibility index (Phi) is 4.42. The smallest absolute Gasteiger partial charge is 0.251 e. The lowest BCUT2D eigenvalue weighted by Crippen LogP contribution is -2.22. The number of nitrogens with one attached hydrogen (secondary N) is 1. The normalized spacial score (nSPS) is 10.5. The summed E-state index contributed by atoms with van der Waals surface area (Å²) >= 11 is 5.18. The molecule has 0 spiro atoms. The molecule has 0 aliphatic heterocycles. The minimum Gasteiger partial charge on any atom is -0.347 e. The Morgan fingerprint density at radius 2 is 1.95 bits per heavy atom. The topological polar surface area (TPSA) is 29.1 Å². The summed E-state index contributed by atoms with van der Waals surface area (Å²) in [6.45, 7) is 6.78. The molecule has 2 nitrogen and oxygen atoms in total. The fourth-order valence-electron chi connectivity index (χ4n) is 1.74. The zero-order valence-electron chi connectivity index (χ0n) is 11.2. The number of halogens is 1. The number of benzene rings is 1. The van der Waals surface area contributed by atoms with E-state index in [1.54, 1.807) is 11.3 Å². The van der Waals surface area contributed by atoms with Gasteiger partial charge in [-0.1, -0.05) is 22.0 Å². The third-order valence-corrected chi connectivity index (χ3v) is 5.08. The summed E-state index contributed by atoms with van der Waals surface area (Å²) in [5, 5.41) is 2.95. The van der Waals surface area contributed by atoms with E-state index in [9.17, 15) is 4.79 Å². The number of hydrogen-bond donors (Lipinski definition) is 1. The fraction of sp³-hybridized carbons (Fsp3) is 0.267. The number of hydrogen-bond acceptors (Lipinski definition) is 2. The summed E-state index contributed by atoms with van der Waals surface area (Å²) in [6.07, 6.45) is 0. The number of thiophene rings is 1. The second-order valence-corrected chi connectivity index (χ2v) is 6.79. The molecule has 0 atom stereocenters. The van der Waals surface area contributed by atoms with Crippen LogP contribution in [0.3, 0.4) is 0 Å². The summed E-state index contributed by atoms with van der Waals surface area (Å²) in [4.78, 5) is 14.5. The van der Waals surface area contributed by atoms with Crippen LogP contribution in [0.1, 0.15) is 31.2 Å². The molecule has 0 aliphatic carbocycles. The molecule has 0 fully saturated rings. The van der Waals surface area contributed by atoms with Crippen LogP contribution in [0.5, 0.6) is 0 Å². The van der Waals surface area contributed by atoms with Gasteiger partial charge in [0.05, 0.1) is 6.54 Å². The molecule has 1 aromatic heterocycles. The van der Waals surface area contributed by atoms with Gasteiger partial charge in [0.1, 0.15) is 0 Å². The van der Waals surface area contributed by atoms with Crippen LogP contribution in [0, 0.1) is 20.8 Å². The molecule has 0 saturated carbocycles. The first-order valence-electron chi connectivity index (χ1n) is 6.07. The Bertz CT molecular complexity index is 599. The molecular weight excluding hydrogens is 322 g/mol. The van der Waals surface area contributed by atoms with Crippen molar-refractivity contribution in [3.8, 4) is 0 Å². The summed E-state index contributed by atoms with van der Waals surface area (Å²) in [5.41, 5.74) is 3.09. The molecule has 0 radical (unpaired) electrons. The monoisotopic (exact) mass is 337 g/mol. The van der Waals surface area contributed by atoms with E-state index >= 15 is 0 Å². The lowest BCUT2D eigenvalue weighted by atomic mass is 10.1. The number of aryl methyl sites for hydroxylation is 3. The van der Waals surface area contributed by atoms with Crippen molar-refractivity contribution >= 4 is 33.2 Å². The van der Waals surface area contributed by atoms with Crippen LogP contribution in [-0.2, 0) is 6.54 Å². The van der Waals surface area contributed by atoms with Gasteiger partial charge in [-0.3, -0.25) is 4.79 Å². The zero-order valence-corrected chi connectivity index (χ0v) is 13.6. The van der Waals surface area contributed by atoms with Crippen LogP contribution in [0.15, 0.2) is 28.7 Å². The van der Waals surface area contributed by atoms with E-state index in [0.29, 0.717) is 12.1 Å². The SMILES string of the molecule is Cc1ccc(C(=O)NCc2cc(C)c(C)s2)cc1Br. The zero-order chi connectivity index (χ0) is 14.0. The molecule has 19 heavy (non-hydrogen) atoms. The van der Waals surface area contributed by atoms with Crippen LogP contribution in [0.4, 0.5) is 0 Å². The molecule has 0 bridgehead atoms. The molecule has 100 valence electrons. The molecule has 0 aliphatic rings. The third-order valence-electron chi connectivity index (χ3n) is 3.07. The fourth-order valence-corrected chi connectivity index (χ4v) is 3.11. The van der Waals surface area contributed by atoms with E-state index < -0.39 is 0 Å². The van der Waals surface area contributed by atoms with Crippen molar-refractivity contribution in [1.29, 1.82) is 0 Å². The molecule has 1 aromatic carbocycles. The Morgan fingerprint density at radius 1 is 1.21 bits per heavy atom. The second-order valence-electron chi connectivity index (χ2n) is 4.60. The van der Waals surface area contributed by atoms with Crippen molar-refractivity contribution in [3.63, 3.8) is 0 Å². The summed E-state index contributed by atoms with van der Waals surface area (Å²) < 4.78 is 0.961. The first-order chi connectivity index (χ1) is 8.97. The number of amides is 1. The van der Waals surface area contributed by atoms with E-state index in [1.807, 2.05) is 25.1 Å². The largest absolute Gasteiger partial charge is 0.347 e. The molecular formula is C15H16BrNOS. The van der Waals surface area contributed by atoms with E-state index in [2.05, 4.69) is 41.2 Å². The van der Waals surface area contributed by atoms with Gasteiger partial charge in [-0.2, -0.15) is 0 Å². The molecule has 0 saturated heterocycles. The molecule has 2 rings (SSSR count). The Morgan fingerprint density at radius 3 is 2.53 bits per heavy atom. The highest BCUT2D eigenvalue weighted by atomic mass is 79.9. The van der Waals surface area contributed by atoms with Gasteiger partial charge in [-0.15, -0.1) is 11.3 Å². The standard InChI is InChI=1S/C15H16BrNOS/c1-9-4-5-12(7-14(9)16)15(18)17-8-13-6-10(2)11(3)19-13/h4-7H,8H2,1-3H3,(H,17,18). The molecule has 4 heteroatoms. The maximum absolute atomic E-state index is 12.0. The van der Waals surface area contributed by atoms with E-state index in [4.69, 9.17) is 0 Å². The maximum Gasteiger partial charge on any atom is 0.251 e. The average Bonchev–Trinajstić information content (AvgIpc) is 2.69. The molecule has 1 heterocycles. The van der Waals surface area contributed by atoms with E-state index in [0.717, 1.165) is 10.0 Å². The molecule has 2 aromatic rings. The Labute approximate surface area is 126 Å². The first kappa shape index (κ1) is 14.3. The predicted octanol–water partition coefficient (Wildman–Crippen LogP) is 4.37. The van der Waals surface area contributed by atoms with Crippen molar-refractivity contribution in [3.05, 3.63) is 55.2 Å². The van der Waals surface area contributed by atoms with Crippen molar-refractivity contribution in [1.82, 2.24) is 5.32 Å². The van der Waals surface area contributed by atoms with E-state index in [1.165, 1.54) is 15.3 Å². The first-order valence-corrected chi connectivity index (χ1v) is 7.68. The van der Waals surface area contributed by atoms with Crippen molar-refractivity contribution in [2.45, 2.75) is 27.3 Å². The van der Waals surface area contributed by atoms with Gasteiger partial charge >= 0.3 is 0 Å². The van der Waals surface area contributed by atoms with Gasteiger partial charge in [-0.05, 0) is 50.1 Å². The lowest BCUT2D eigenvalue weighted by Gasteiger charge is -2.05. The van der Waals surface area contributed by atoms with Gasteiger partial charge in [-0.25, -0.2) is 0 Å². The van der Waals surface area contributed by atoms with Crippen LogP contribution in [0.2, 0.25) is 0 Å². The minimum absolute atomic E-state index is 0.0376. The Balaban J connectivity index is 2.03. The highest BCUT2D eigenvalue weighted by molar-refractivity contribution is 9.10. The number of carbonyl (C=O) groups is 1. The van der Waals surface area contributed by atoms with Crippen molar-refractivity contribution < 1.29 is 4.79 Å². The quantitative estimate of drug-likeness (QED) is 0.885. The molecule has 1 N–H and O–H groups in total. The number of rotatable bonds is 3. The van der Waals surface area contributed by atoms with Gasteiger partial charge < -0.3 is 5.32 Å². The predicted molar refractivity (Wildman–Crippen MR) is 83.8 cm³/mol. The summed E-state index contributed by atoms with van der Waals surface area (Å²) in [5.74, 6) is -0.0376. The second kappa shape index (κ2) is 5.88. The van der Waals surface area contributed by atoms with E-state index in [-0.39, 0.29) is 5.91 Å². The summed E-state index contributed by atoms with van der Waals surface area (Å²) in [6, 6.07) is 7.78. The number of carbonyl (C=O) groups excluding carboxylic acids is 1. The van der Waals surface area contributed by atoms with Crippen LogP contribution in [0.25, 0.3) is 0 Å². The maximum atomic E-state index is 12.0. The van der Waals surface area contributed by atoms with Gasteiger partial charge in [0.15, 0.2) is 0 Å². The van der Waals surface area contributed by atoms with Crippen molar-refractivity contribution in [2.24, 2.45) is 0 Å². The lowest BCUT2D eigenvalue weighted by molar-refractivity contribution is 0.0951. The van der Waals surface area contributed by atoms with Gasteiger partial charge in [0.2, 0.25) is 0 Å². The van der Waals surface area contributed by atoms with Gasteiger partial charge in [0, 0.05) is 19.8 Å². The average molecular weight is 338 g/mol. The summed E-state index contributed by atoms with van der Waals surface area (Å²) in [7, 11) is 0. The molecule has 1 amide bonds. The van der Waals surface area contributed by atoms with Crippen LogP contribution in [-0.4, -0.2) is 5.91 Å². The highest BCUT2D eigenvalue weighted by Crippen LogP contribution is 2.21. The van der Waals surface area contributed by atoms with Crippen molar-refractivity contribution in [2.75, 3.05) is 0 Å². The van der Waals surface area contributed by atoms with Crippen LogP contribution < -0.4 is 5.32 Å². The van der Waals surface area contributed by atoms with Gasteiger partial charge in [0.25, 0.3) is 5.91 Å². The molecule has 0 unspecified atom stereocenters.